The Labute approximate surface area is 209 Å². The molecule has 1 aliphatic rings. The van der Waals surface area contributed by atoms with Crippen molar-refractivity contribution in [3.05, 3.63) is 95.5 Å². The van der Waals surface area contributed by atoms with E-state index in [1.54, 1.807) is 12.4 Å². The van der Waals surface area contributed by atoms with Gasteiger partial charge in [-0.3, -0.25) is 9.88 Å². The van der Waals surface area contributed by atoms with Crippen molar-refractivity contribution in [3.63, 3.8) is 0 Å². The Morgan fingerprint density at radius 1 is 0.914 bits per heavy atom. The number of fused-ring (bicyclic) bond motifs is 1. The average molecular weight is 478 g/mol. The molecule has 0 atom stereocenters. The highest BCUT2D eigenvalue weighted by Gasteiger charge is 2.26. The summed E-state index contributed by atoms with van der Waals surface area (Å²) in [5.41, 5.74) is 6.86. The zero-order chi connectivity index (χ0) is 23.6. The highest BCUT2D eigenvalue weighted by Crippen LogP contribution is 2.36. The van der Waals surface area contributed by atoms with E-state index >= 15 is 0 Å². The van der Waals surface area contributed by atoms with Crippen LogP contribution in [-0.2, 0) is 6.54 Å². The number of piperidine rings is 1. The van der Waals surface area contributed by atoms with E-state index < -0.39 is 0 Å². The molecule has 5 nitrogen and oxygen atoms in total. The smallest absolute Gasteiger partial charge is 0.159 e. The molecule has 0 bridgehead atoms. The summed E-state index contributed by atoms with van der Waals surface area (Å²) in [5.74, 6) is 1.18. The number of para-hydroxylation sites is 1. The van der Waals surface area contributed by atoms with E-state index in [0.717, 1.165) is 60.6 Å². The fourth-order valence-corrected chi connectivity index (χ4v) is 5.93. The van der Waals surface area contributed by atoms with Gasteiger partial charge in [0, 0.05) is 35.6 Å². The Morgan fingerprint density at radius 3 is 2.54 bits per heavy atom. The maximum atomic E-state index is 5.14. The zero-order valence-corrected chi connectivity index (χ0v) is 20.6. The minimum Gasteiger partial charge on any atom is -0.297 e. The summed E-state index contributed by atoms with van der Waals surface area (Å²) in [4.78, 5) is 21.4. The minimum absolute atomic E-state index is 0.403. The first-order valence-electron chi connectivity index (χ1n) is 12.1. The maximum Gasteiger partial charge on any atom is 0.159 e. The van der Waals surface area contributed by atoms with Gasteiger partial charge in [0.05, 0.1) is 22.5 Å². The fraction of sp³-hybridized carbons (Fsp3) is 0.241. The van der Waals surface area contributed by atoms with Crippen LogP contribution < -0.4 is 0 Å². The average Bonchev–Trinajstić information content (AvgIpc) is 3.32. The van der Waals surface area contributed by atoms with Crippen molar-refractivity contribution in [2.45, 2.75) is 32.2 Å². The summed E-state index contributed by atoms with van der Waals surface area (Å²) in [6.07, 6.45) is 7.77. The predicted molar refractivity (Wildman–Crippen MR) is 142 cm³/mol. The second-order valence-corrected chi connectivity index (χ2v) is 10.3. The fourth-order valence-electron chi connectivity index (χ4n) is 4.92. The van der Waals surface area contributed by atoms with E-state index in [9.17, 15) is 0 Å². The third kappa shape index (κ3) is 4.72. The van der Waals surface area contributed by atoms with E-state index in [-0.39, 0.29) is 0 Å². The van der Waals surface area contributed by atoms with Gasteiger partial charge in [-0.25, -0.2) is 15.0 Å². The lowest BCUT2D eigenvalue weighted by Crippen LogP contribution is -2.32. The minimum atomic E-state index is 0.403. The molecule has 2 aromatic carbocycles. The number of hydrogen-bond donors (Lipinski definition) is 0. The van der Waals surface area contributed by atoms with Crippen LogP contribution in [0.2, 0.25) is 0 Å². The first-order valence-corrected chi connectivity index (χ1v) is 13.0. The van der Waals surface area contributed by atoms with Gasteiger partial charge >= 0.3 is 0 Å². The largest absolute Gasteiger partial charge is 0.297 e. The topological polar surface area (TPSA) is 54.8 Å². The van der Waals surface area contributed by atoms with E-state index in [0.29, 0.717) is 5.92 Å². The van der Waals surface area contributed by atoms with Gasteiger partial charge in [-0.2, -0.15) is 0 Å². The molecular formula is C29H27N5S. The van der Waals surface area contributed by atoms with Crippen molar-refractivity contribution < 1.29 is 0 Å². The number of aryl methyl sites for hydroxylation is 1. The van der Waals surface area contributed by atoms with E-state index in [4.69, 9.17) is 15.0 Å². The van der Waals surface area contributed by atoms with E-state index in [2.05, 4.69) is 65.3 Å². The van der Waals surface area contributed by atoms with Gasteiger partial charge in [0.15, 0.2) is 5.82 Å². The maximum absolute atomic E-state index is 5.14. The molecule has 6 heteroatoms. The van der Waals surface area contributed by atoms with Crippen molar-refractivity contribution in [2.24, 2.45) is 0 Å². The molecule has 1 aliphatic heterocycles. The lowest BCUT2D eigenvalue weighted by atomic mass is 9.88. The Hall–Kier alpha value is -3.48. The van der Waals surface area contributed by atoms with E-state index in [1.165, 1.54) is 20.8 Å². The van der Waals surface area contributed by atoms with Crippen molar-refractivity contribution in [1.82, 2.24) is 24.8 Å². The summed E-state index contributed by atoms with van der Waals surface area (Å²) < 4.78 is 1.27. The van der Waals surface area contributed by atoms with Gasteiger partial charge in [0.1, 0.15) is 5.01 Å². The molecule has 0 saturated carbocycles. The lowest BCUT2D eigenvalue weighted by Gasteiger charge is -2.32. The van der Waals surface area contributed by atoms with Crippen molar-refractivity contribution in [1.29, 1.82) is 0 Å². The predicted octanol–water partition coefficient (Wildman–Crippen LogP) is 6.50. The molecule has 0 N–H and O–H groups in total. The van der Waals surface area contributed by atoms with Crippen molar-refractivity contribution in [3.8, 4) is 22.5 Å². The second kappa shape index (κ2) is 9.64. The van der Waals surface area contributed by atoms with Crippen LogP contribution in [0.4, 0.5) is 0 Å². The molecule has 0 radical (unpaired) electrons. The summed E-state index contributed by atoms with van der Waals surface area (Å²) in [6, 6.07) is 21.0. The first-order chi connectivity index (χ1) is 17.2. The van der Waals surface area contributed by atoms with Gasteiger partial charge in [-0.15, -0.1) is 11.3 Å². The number of benzene rings is 2. The molecule has 0 unspecified atom stereocenters. The van der Waals surface area contributed by atoms with Crippen LogP contribution in [0.3, 0.4) is 0 Å². The number of pyridine rings is 1. The van der Waals surface area contributed by atoms with Crippen LogP contribution in [0.25, 0.3) is 32.7 Å². The standard InChI is InChI=1S/C29H27N5S/c1-20-5-4-6-23(17-20)24-18-31-29(22-9-13-30-14-10-22)33-28(24)21-11-15-34(16-12-21)19-27-32-25-7-2-3-8-26(25)35-27/h2-10,13-14,17-18,21H,11-12,15-16,19H2,1H3. The van der Waals surface area contributed by atoms with Crippen LogP contribution in [0.5, 0.6) is 0 Å². The molecule has 0 spiro atoms. The third-order valence-electron chi connectivity index (χ3n) is 6.76. The van der Waals surface area contributed by atoms with Gasteiger partial charge in [0.25, 0.3) is 0 Å². The Kier molecular flexibility index (Phi) is 6.06. The van der Waals surface area contributed by atoms with Gasteiger partial charge < -0.3 is 0 Å². The molecule has 6 rings (SSSR count). The van der Waals surface area contributed by atoms with Crippen molar-refractivity contribution in [2.75, 3.05) is 13.1 Å². The van der Waals surface area contributed by atoms with Crippen LogP contribution in [-0.4, -0.2) is 37.9 Å². The van der Waals surface area contributed by atoms with E-state index in [1.807, 2.05) is 29.7 Å². The SMILES string of the molecule is Cc1cccc(-c2cnc(-c3ccncc3)nc2C2CCN(Cc3nc4ccccc4s3)CC2)c1. The number of likely N-dealkylation sites (tertiary alicyclic amines) is 1. The Morgan fingerprint density at radius 2 is 1.74 bits per heavy atom. The van der Waals surface area contributed by atoms with Gasteiger partial charge in [-0.1, -0.05) is 42.0 Å². The highest BCUT2D eigenvalue weighted by molar-refractivity contribution is 7.18. The van der Waals surface area contributed by atoms with Crippen molar-refractivity contribution >= 4 is 21.6 Å². The highest BCUT2D eigenvalue weighted by atomic mass is 32.1. The van der Waals surface area contributed by atoms with Crippen LogP contribution in [0, 0.1) is 6.92 Å². The lowest BCUT2D eigenvalue weighted by molar-refractivity contribution is 0.203. The monoisotopic (exact) mass is 477 g/mol. The summed E-state index contributed by atoms with van der Waals surface area (Å²) in [5, 5.41) is 1.20. The molecule has 0 amide bonds. The first kappa shape index (κ1) is 22.0. The normalized spacial score (nSPS) is 15.0. The molecule has 35 heavy (non-hydrogen) atoms. The van der Waals surface area contributed by atoms with Crippen LogP contribution in [0.1, 0.15) is 35.0 Å². The summed E-state index contributed by atoms with van der Waals surface area (Å²) >= 11 is 1.81. The van der Waals surface area contributed by atoms with Gasteiger partial charge in [0.2, 0.25) is 0 Å². The number of hydrogen-bond acceptors (Lipinski definition) is 6. The third-order valence-corrected chi connectivity index (χ3v) is 7.78. The number of aromatic nitrogens is 4. The van der Waals surface area contributed by atoms with Gasteiger partial charge in [-0.05, 0) is 62.7 Å². The summed E-state index contributed by atoms with van der Waals surface area (Å²) in [6.45, 7) is 5.14. The number of thiazole rings is 1. The number of rotatable bonds is 5. The molecule has 4 heterocycles. The molecule has 1 saturated heterocycles. The quantitative estimate of drug-likeness (QED) is 0.289. The Balaban J connectivity index is 1.26. The Bertz CT molecular complexity index is 1420. The number of nitrogens with zero attached hydrogens (tertiary/aromatic N) is 5. The summed E-state index contributed by atoms with van der Waals surface area (Å²) in [7, 11) is 0. The zero-order valence-electron chi connectivity index (χ0n) is 19.8. The molecule has 3 aromatic heterocycles. The molecule has 1 fully saturated rings. The molecule has 5 aromatic rings. The molecule has 0 aliphatic carbocycles. The van der Waals surface area contributed by atoms with Crippen LogP contribution >= 0.6 is 11.3 Å². The second-order valence-electron chi connectivity index (χ2n) is 9.22. The molecule has 174 valence electrons. The molecular weight excluding hydrogens is 450 g/mol. The van der Waals surface area contributed by atoms with Crippen LogP contribution in [0.15, 0.2) is 79.3 Å².